The standard InChI is InChI=1S/C16H19N5O2/c1-11-4-6-21(7-5-11)16-19-15(9-17-20-16)18-12-2-3-13-14(8-12)23-10-22-13/h2-3,8-9,11H,4-7,10H2,1H3,(H,18,19,20). The summed E-state index contributed by atoms with van der Waals surface area (Å²) >= 11 is 0. The van der Waals surface area contributed by atoms with Gasteiger partial charge in [0.1, 0.15) is 0 Å². The highest BCUT2D eigenvalue weighted by atomic mass is 16.7. The average Bonchev–Trinajstić information content (AvgIpc) is 3.03. The average molecular weight is 313 g/mol. The number of hydrogen-bond acceptors (Lipinski definition) is 7. The van der Waals surface area contributed by atoms with Crippen LogP contribution in [0, 0.1) is 5.92 Å². The molecule has 23 heavy (non-hydrogen) atoms. The van der Waals surface area contributed by atoms with E-state index in [1.165, 1.54) is 12.8 Å². The zero-order chi connectivity index (χ0) is 15.6. The van der Waals surface area contributed by atoms with Gasteiger partial charge in [0, 0.05) is 24.8 Å². The monoisotopic (exact) mass is 313 g/mol. The zero-order valence-corrected chi connectivity index (χ0v) is 13.0. The minimum Gasteiger partial charge on any atom is -0.454 e. The summed E-state index contributed by atoms with van der Waals surface area (Å²) in [6, 6.07) is 5.71. The van der Waals surface area contributed by atoms with Gasteiger partial charge in [-0.2, -0.15) is 10.1 Å². The smallest absolute Gasteiger partial charge is 0.247 e. The van der Waals surface area contributed by atoms with Crippen molar-refractivity contribution in [3.63, 3.8) is 0 Å². The Kier molecular flexibility index (Phi) is 3.61. The van der Waals surface area contributed by atoms with E-state index in [4.69, 9.17) is 9.47 Å². The van der Waals surface area contributed by atoms with E-state index >= 15 is 0 Å². The number of rotatable bonds is 3. The molecule has 1 aromatic carbocycles. The van der Waals surface area contributed by atoms with Gasteiger partial charge < -0.3 is 19.7 Å². The van der Waals surface area contributed by atoms with Gasteiger partial charge in [0.25, 0.3) is 0 Å². The van der Waals surface area contributed by atoms with Gasteiger partial charge in [0.05, 0.1) is 6.20 Å². The van der Waals surface area contributed by atoms with Crippen molar-refractivity contribution >= 4 is 17.5 Å². The highest BCUT2D eigenvalue weighted by molar-refractivity contribution is 5.61. The molecule has 0 unspecified atom stereocenters. The van der Waals surface area contributed by atoms with E-state index in [9.17, 15) is 0 Å². The van der Waals surface area contributed by atoms with Gasteiger partial charge in [0.2, 0.25) is 12.7 Å². The second-order valence-corrected chi connectivity index (χ2v) is 6.00. The third kappa shape index (κ3) is 2.99. The Labute approximate surface area is 134 Å². The summed E-state index contributed by atoms with van der Waals surface area (Å²) in [5, 5.41) is 11.5. The number of anilines is 3. The molecular weight excluding hydrogens is 294 g/mol. The summed E-state index contributed by atoms with van der Waals surface area (Å²) < 4.78 is 10.7. The maximum Gasteiger partial charge on any atom is 0.247 e. The van der Waals surface area contributed by atoms with Crippen LogP contribution in [0.15, 0.2) is 24.4 Å². The number of fused-ring (bicyclic) bond motifs is 1. The predicted molar refractivity (Wildman–Crippen MR) is 86.3 cm³/mol. The van der Waals surface area contributed by atoms with E-state index in [0.717, 1.165) is 36.2 Å². The van der Waals surface area contributed by atoms with Gasteiger partial charge in [-0.3, -0.25) is 0 Å². The van der Waals surface area contributed by atoms with Crippen LogP contribution >= 0.6 is 0 Å². The summed E-state index contributed by atoms with van der Waals surface area (Å²) in [6.07, 6.45) is 3.97. The molecule has 120 valence electrons. The summed E-state index contributed by atoms with van der Waals surface area (Å²) in [6.45, 7) is 4.52. The van der Waals surface area contributed by atoms with E-state index < -0.39 is 0 Å². The van der Waals surface area contributed by atoms with E-state index in [-0.39, 0.29) is 6.79 Å². The molecule has 1 fully saturated rings. The molecule has 0 amide bonds. The Morgan fingerprint density at radius 3 is 2.87 bits per heavy atom. The Balaban J connectivity index is 1.50. The topological polar surface area (TPSA) is 72.4 Å². The SMILES string of the molecule is CC1CCN(c2nncc(Nc3ccc4c(c3)OCO4)n2)CC1. The molecule has 1 aromatic heterocycles. The fourth-order valence-electron chi connectivity index (χ4n) is 2.82. The second kappa shape index (κ2) is 5.91. The van der Waals surface area contributed by atoms with Gasteiger partial charge >= 0.3 is 0 Å². The minimum atomic E-state index is 0.269. The zero-order valence-electron chi connectivity index (χ0n) is 13.0. The van der Waals surface area contributed by atoms with Crippen molar-refractivity contribution in [2.45, 2.75) is 19.8 Å². The van der Waals surface area contributed by atoms with Crippen LogP contribution in [-0.2, 0) is 0 Å². The van der Waals surface area contributed by atoms with Crippen LogP contribution < -0.4 is 19.7 Å². The largest absolute Gasteiger partial charge is 0.454 e. The van der Waals surface area contributed by atoms with Crippen LogP contribution in [0.5, 0.6) is 11.5 Å². The lowest BCUT2D eigenvalue weighted by Crippen LogP contribution is -2.34. The van der Waals surface area contributed by atoms with Crippen LogP contribution in [0.1, 0.15) is 19.8 Å². The molecule has 2 aromatic rings. The lowest BCUT2D eigenvalue weighted by atomic mass is 10.00. The number of hydrogen-bond donors (Lipinski definition) is 1. The van der Waals surface area contributed by atoms with Gasteiger partial charge in [-0.25, -0.2) is 0 Å². The number of nitrogens with zero attached hydrogens (tertiary/aromatic N) is 4. The highest BCUT2D eigenvalue weighted by Gasteiger charge is 2.19. The molecule has 0 bridgehead atoms. The van der Waals surface area contributed by atoms with Crippen LogP contribution in [0.2, 0.25) is 0 Å². The molecule has 0 aliphatic carbocycles. The normalized spacial score (nSPS) is 17.3. The molecule has 2 aliphatic rings. The molecule has 1 saturated heterocycles. The summed E-state index contributed by atoms with van der Waals surface area (Å²) in [4.78, 5) is 6.77. The first-order valence-electron chi connectivity index (χ1n) is 7.89. The van der Waals surface area contributed by atoms with Crippen LogP contribution in [-0.4, -0.2) is 35.1 Å². The number of nitrogens with one attached hydrogen (secondary N) is 1. The molecule has 3 heterocycles. The number of ether oxygens (including phenoxy) is 2. The molecule has 7 heteroatoms. The molecule has 0 saturated carbocycles. The lowest BCUT2D eigenvalue weighted by molar-refractivity contribution is 0.174. The van der Waals surface area contributed by atoms with Gasteiger partial charge in [-0.1, -0.05) is 6.92 Å². The van der Waals surface area contributed by atoms with Crippen LogP contribution in [0.25, 0.3) is 0 Å². The molecule has 0 spiro atoms. The fraction of sp³-hybridized carbons (Fsp3) is 0.438. The summed E-state index contributed by atoms with van der Waals surface area (Å²) in [5.41, 5.74) is 0.882. The van der Waals surface area contributed by atoms with Crippen molar-refractivity contribution < 1.29 is 9.47 Å². The number of piperidine rings is 1. The predicted octanol–water partition coefficient (Wildman–Crippen LogP) is 2.58. The Morgan fingerprint density at radius 2 is 2.00 bits per heavy atom. The van der Waals surface area contributed by atoms with Crippen molar-refractivity contribution in [1.82, 2.24) is 15.2 Å². The first kappa shape index (κ1) is 14.0. The molecule has 1 N–H and O–H groups in total. The summed E-state index contributed by atoms with van der Waals surface area (Å²) in [5.74, 6) is 3.63. The molecule has 0 atom stereocenters. The molecular formula is C16H19N5O2. The Morgan fingerprint density at radius 1 is 1.17 bits per heavy atom. The maximum atomic E-state index is 5.39. The number of benzene rings is 1. The van der Waals surface area contributed by atoms with Crippen molar-refractivity contribution in [1.29, 1.82) is 0 Å². The summed E-state index contributed by atoms with van der Waals surface area (Å²) in [7, 11) is 0. The maximum absolute atomic E-state index is 5.39. The van der Waals surface area contributed by atoms with Crippen molar-refractivity contribution in [3.8, 4) is 11.5 Å². The van der Waals surface area contributed by atoms with Crippen molar-refractivity contribution in [2.24, 2.45) is 5.92 Å². The van der Waals surface area contributed by atoms with Gasteiger partial charge in [0.15, 0.2) is 17.3 Å². The third-order valence-electron chi connectivity index (χ3n) is 4.26. The third-order valence-corrected chi connectivity index (χ3v) is 4.26. The first-order chi connectivity index (χ1) is 11.3. The fourth-order valence-corrected chi connectivity index (χ4v) is 2.82. The van der Waals surface area contributed by atoms with E-state index in [2.05, 4.69) is 32.3 Å². The van der Waals surface area contributed by atoms with E-state index in [0.29, 0.717) is 11.8 Å². The minimum absolute atomic E-state index is 0.269. The molecule has 4 rings (SSSR count). The Hall–Kier alpha value is -2.57. The molecule has 0 radical (unpaired) electrons. The van der Waals surface area contributed by atoms with Gasteiger partial charge in [-0.05, 0) is 30.9 Å². The first-order valence-corrected chi connectivity index (χ1v) is 7.89. The van der Waals surface area contributed by atoms with Crippen molar-refractivity contribution in [3.05, 3.63) is 24.4 Å². The quantitative estimate of drug-likeness (QED) is 0.933. The van der Waals surface area contributed by atoms with E-state index in [1.54, 1.807) is 6.20 Å². The van der Waals surface area contributed by atoms with E-state index in [1.807, 2.05) is 18.2 Å². The van der Waals surface area contributed by atoms with Crippen LogP contribution in [0.4, 0.5) is 17.5 Å². The van der Waals surface area contributed by atoms with Crippen molar-refractivity contribution in [2.75, 3.05) is 30.1 Å². The highest BCUT2D eigenvalue weighted by Crippen LogP contribution is 2.35. The number of aromatic nitrogens is 3. The Bertz CT molecular complexity index is 701. The molecule has 7 nitrogen and oxygen atoms in total. The lowest BCUT2D eigenvalue weighted by Gasteiger charge is -2.29. The molecule has 2 aliphatic heterocycles. The second-order valence-electron chi connectivity index (χ2n) is 6.00. The van der Waals surface area contributed by atoms with Gasteiger partial charge in [-0.15, -0.1) is 5.10 Å². The van der Waals surface area contributed by atoms with Crippen LogP contribution in [0.3, 0.4) is 0 Å².